The van der Waals surface area contributed by atoms with Crippen molar-refractivity contribution >= 4 is 23.2 Å². The van der Waals surface area contributed by atoms with Gasteiger partial charge in [-0.2, -0.15) is 0 Å². The molecular weight excluding hydrogens is 315 g/mol. The van der Waals surface area contributed by atoms with Gasteiger partial charge in [0.15, 0.2) is 11.5 Å². The molecule has 2 heterocycles. The minimum absolute atomic E-state index is 0.108. The average Bonchev–Trinajstić information content (AvgIpc) is 3.14. The van der Waals surface area contributed by atoms with Gasteiger partial charge in [0.1, 0.15) is 4.84 Å². The minimum Gasteiger partial charge on any atom is -0.453 e. The SMILES string of the molecule is ClC(Cl)c1c2c(c3c(c1-c1ccccc1)OCO3)OCO2. The Morgan fingerprint density at radius 2 is 1.33 bits per heavy atom. The van der Waals surface area contributed by atoms with Gasteiger partial charge in [-0.05, 0) is 5.56 Å². The fourth-order valence-corrected chi connectivity index (χ4v) is 3.03. The largest absolute Gasteiger partial charge is 0.453 e. The molecule has 0 N–H and O–H groups in total. The Morgan fingerprint density at radius 1 is 0.762 bits per heavy atom. The van der Waals surface area contributed by atoms with Crippen LogP contribution in [-0.4, -0.2) is 13.6 Å². The highest BCUT2D eigenvalue weighted by Gasteiger charge is 2.36. The van der Waals surface area contributed by atoms with E-state index in [4.69, 9.17) is 42.1 Å². The van der Waals surface area contributed by atoms with Crippen molar-refractivity contribution in [3.63, 3.8) is 0 Å². The van der Waals surface area contributed by atoms with Gasteiger partial charge < -0.3 is 18.9 Å². The molecule has 2 aromatic carbocycles. The topological polar surface area (TPSA) is 36.9 Å². The van der Waals surface area contributed by atoms with E-state index in [0.717, 1.165) is 11.1 Å². The normalized spacial score (nSPS) is 14.8. The third kappa shape index (κ3) is 1.90. The van der Waals surface area contributed by atoms with Crippen molar-refractivity contribution in [1.29, 1.82) is 0 Å². The van der Waals surface area contributed by atoms with Crippen LogP contribution in [-0.2, 0) is 0 Å². The van der Waals surface area contributed by atoms with Crippen molar-refractivity contribution in [3.8, 4) is 34.1 Å². The van der Waals surface area contributed by atoms with Crippen molar-refractivity contribution in [1.82, 2.24) is 0 Å². The van der Waals surface area contributed by atoms with Crippen LogP contribution < -0.4 is 18.9 Å². The molecule has 2 aliphatic rings. The monoisotopic (exact) mass is 324 g/mol. The lowest BCUT2D eigenvalue weighted by Crippen LogP contribution is -1.98. The number of alkyl halides is 2. The zero-order valence-corrected chi connectivity index (χ0v) is 12.3. The Labute approximate surface area is 131 Å². The lowest BCUT2D eigenvalue weighted by atomic mass is 9.97. The summed E-state index contributed by atoms with van der Waals surface area (Å²) in [6, 6.07) is 9.72. The van der Waals surface area contributed by atoms with Crippen LogP contribution in [0.2, 0.25) is 0 Å². The second kappa shape index (κ2) is 4.90. The highest BCUT2D eigenvalue weighted by atomic mass is 35.5. The Bertz CT molecular complexity index is 701. The zero-order chi connectivity index (χ0) is 14.4. The molecule has 21 heavy (non-hydrogen) atoms. The number of benzene rings is 2. The van der Waals surface area contributed by atoms with Crippen LogP contribution in [0.15, 0.2) is 30.3 Å². The van der Waals surface area contributed by atoms with Gasteiger partial charge in [0, 0.05) is 11.1 Å². The fraction of sp³-hybridized carbons (Fsp3) is 0.200. The molecule has 0 saturated heterocycles. The van der Waals surface area contributed by atoms with Crippen LogP contribution in [0, 0.1) is 0 Å². The average molecular weight is 325 g/mol. The highest BCUT2D eigenvalue weighted by molar-refractivity contribution is 6.44. The van der Waals surface area contributed by atoms with Gasteiger partial charge in [-0.1, -0.05) is 53.5 Å². The molecule has 108 valence electrons. The molecule has 0 aromatic heterocycles. The molecule has 0 fully saturated rings. The van der Waals surface area contributed by atoms with Gasteiger partial charge in [0.05, 0.1) is 0 Å². The summed E-state index contributed by atoms with van der Waals surface area (Å²) in [5, 5.41) is 0. The van der Waals surface area contributed by atoms with E-state index in [1.807, 2.05) is 30.3 Å². The third-order valence-corrected chi connectivity index (χ3v) is 3.89. The van der Waals surface area contributed by atoms with E-state index in [2.05, 4.69) is 0 Å². The molecule has 4 rings (SSSR count). The number of fused-ring (bicyclic) bond motifs is 3. The summed E-state index contributed by atoms with van der Waals surface area (Å²) in [7, 11) is 0. The van der Waals surface area contributed by atoms with Crippen molar-refractivity contribution < 1.29 is 18.9 Å². The molecule has 0 unspecified atom stereocenters. The van der Waals surface area contributed by atoms with E-state index in [-0.39, 0.29) is 13.6 Å². The summed E-state index contributed by atoms with van der Waals surface area (Å²) >= 11 is 12.4. The Morgan fingerprint density at radius 3 is 2.00 bits per heavy atom. The smallest absolute Gasteiger partial charge is 0.231 e. The van der Waals surface area contributed by atoms with E-state index in [0.29, 0.717) is 28.6 Å². The maximum Gasteiger partial charge on any atom is 0.231 e. The van der Waals surface area contributed by atoms with Crippen LogP contribution in [0.4, 0.5) is 0 Å². The second-order valence-electron chi connectivity index (χ2n) is 4.58. The van der Waals surface area contributed by atoms with Gasteiger partial charge in [0.25, 0.3) is 0 Å². The number of halogens is 2. The van der Waals surface area contributed by atoms with E-state index in [9.17, 15) is 0 Å². The summed E-state index contributed by atoms with van der Waals surface area (Å²) in [6.07, 6.45) is 0. The number of rotatable bonds is 2. The summed E-state index contributed by atoms with van der Waals surface area (Å²) in [5.41, 5.74) is 2.35. The standard InChI is InChI=1S/C15H10Cl2O4/c16-15(17)10-9(8-4-2-1-3-5-8)11-13(20-6-18-11)14-12(10)19-7-21-14/h1-5,15H,6-7H2. The lowest BCUT2D eigenvalue weighted by molar-refractivity contribution is 0.157. The van der Waals surface area contributed by atoms with Crippen molar-refractivity contribution in [3.05, 3.63) is 35.9 Å². The Balaban J connectivity index is 2.07. The number of hydrogen-bond acceptors (Lipinski definition) is 4. The van der Waals surface area contributed by atoms with Gasteiger partial charge in [0.2, 0.25) is 25.1 Å². The number of hydrogen-bond donors (Lipinski definition) is 0. The van der Waals surface area contributed by atoms with Crippen LogP contribution in [0.3, 0.4) is 0 Å². The van der Waals surface area contributed by atoms with E-state index >= 15 is 0 Å². The quantitative estimate of drug-likeness (QED) is 0.772. The molecule has 6 heteroatoms. The van der Waals surface area contributed by atoms with Crippen LogP contribution >= 0.6 is 23.2 Å². The number of ether oxygens (including phenoxy) is 4. The van der Waals surface area contributed by atoms with Gasteiger partial charge in [-0.25, -0.2) is 0 Å². The van der Waals surface area contributed by atoms with E-state index < -0.39 is 4.84 Å². The predicted octanol–water partition coefficient (Wildman–Crippen LogP) is 4.29. The van der Waals surface area contributed by atoms with Crippen molar-refractivity contribution in [2.75, 3.05) is 13.6 Å². The summed E-state index contributed by atoms with van der Waals surface area (Å²) in [4.78, 5) is -0.773. The maximum atomic E-state index is 6.18. The first-order valence-corrected chi connectivity index (χ1v) is 7.23. The second-order valence-corrected chi connectivity index (χ2v) is 5.68. The molecule has 0 atom stereocenters. The van der Waals surface area contributed by atoms with Crippen molar-refractivity contribution in [2.24, 2.45) is 0 Å². The molecule has 2 aromatic rings. The molecule has 0 amide bonds. The zero-order valence-electron chi connectivity index (χ0n) is 10.8. The summed E-state index contributed by atoms with van der Waals surface area (Å²) in [6.45, 7) is 0.237. The van der Waals surface area contributed by atoms with Crippen LogP contribution in [0.5, 0.6) is 23.0 Å². The molecule has 0 saturated carbocycles. The van der Waals surface area contributed by atoms with Crippen LogP contribution in [0.25, 0.3) is 11.1 Å². The predicted molar refractivity (Wildman–Crippen MR) is 78.6 cm³/mol. The first-order chi connectivity index (χ1) is 10.3. The van der Waals surface area contributed by atoms with E-state index in [1.54, 1.807) is 0 Å². The van der Waals surface area contributed by atoms with Crippen molar-refractivity contribution in [2.45, 2.75) is 4.84 Å². The molecular formula is C15H10Cl2O4. The highest BCUT2D eigenvalue weighted by Crippen LogP contribution is 2.59. The van der Waals surface area contributed by atoms with Gasteiger partial charge >= 0.3 is 0 Å². The third-order valence-electron chi connectivity index (χ3n) is 3.45. The minimum atomic E-state index is -0.773. The summed E-state index contributed by atoms with van der Waals surface area (Å²) in [5.74, 6) is 2.16. The van der Waals surface area contributed by atoms with Gasteiger partial charge in [-0.15, -0.1) is 0 Å². The van der Waals surface area contributed by atoms with Crippen LogP contribution in [0.1, 0.15) is 10.4 Å². The molecule has 0 radical (unpaired) electrons. The molecule has 0 aliphatic carbocycles. The first kappa shape index (κ1) is 12.9. The van der Waals surface area contributed by atoms with Gasteiger partial charge in [-0.3, -0.25) is 0 Å². The molecule has 0 bridgehead atoms. The maximum absolute atomic E-state index is 6.18. The molecule has 2 aliphatic heterocycles. The first-order valence-electron chi connectivity index (χ1n) is 6.36. The Kier molecular flexibility index (Phi) is 3.01. The molecule has 4 nitrogen and oxygen atoms in total. The van der Waals surface area contributed by atoms with E-state index in [1.165, 1.54) is 0 Å². The fourth-order valence-electron chi connectivity index (χ4n) is 2.62. The Hall–Kier alpha value is -1.78. The summed E-state index contributed by atoms with van der Waals surface area (Å²) < 4.78 is 22.2. The lowest BCUT2D eigenvalue weighted by Gasteiger charge is -2.16. The molecule has 0 spiro atoms.